The second-order valence-corrected chi connectivity index (χ2v) is 5.63. The van der Waals surface area contributed by atoms with E-state index in [9.17, 15) is 4.79 Å². The minimum absolute atomic E-state index is 0.0735. The molecule has 17 heavy (non-hydrogen) atoms. The Balaban J connectivity index is 1.64. The summed E-state index contributed by atoms with van der Waals surface area (Å²) in [6.07, 6.45) is 5.93. The Labute approximate surface area is 103 Å². The van der Waals surface area contributed by atoms with Gasteiger partial charge in [-0.05, 0) is 44.4 Å². The van der Waals surface area contributed by atoms with Crippen molar-refractivity contribution >= 4 is 5.91 Å². The molecule has 2 rings (SSSR count). The van der Waals surface area contributed by atoms with E-state index in [4.69, 9.17) is 4.74 Å². The first-order valence-electron chi connectivity index (χ1n) is 6.68. The molecule has 0 aliphatic heterocycles. The molecule has 2 fully saturated rings. The molecule has 2 aliphatic carbocycles. The second kappa shape index (κ2) is 5.36. The van der Waals surface area contributed by atoms with E-state index in [0.717, 1.165) is 32.4 Å². The van der Waals surface area contributed by atoms with Gasteiger partial charge in [-0.3, -0.25) is 4.79 Å². The molecular weight excluding hydrogens is 216 g/mol. The summed E-state index contributed by atoms with van der Waals surface area (Å²) < 4.78 is 5.13. The minimum Gasteiger partial charge on any atom is -0.385 e. The number of hydrogen-bond acceptors (Lipinski definition) is 3. The van der Waals surface area contributed by atoms with Crippen molar-refractivity contribution in [3.8, 4) is 0 Å². The van der Waals surface area contributed by atoms with Crippen LogP contribution in [0.3, 0.4) is 0 Å². The van der Waals surface area contributed by atoms with Crippen molar-refractivity contribution in [2.75, 3.05) is 20.3 Å². The molecule has 0 heterocycles. The standard InChI is InChI=1S/C13H24N2O2/c1-10(12(16)15-11-3-4-11)14-9-13(5-6-13)7-8-17-2/h10-11,14H,3-9H2,1-2H3,(H,15,16). The van der Waals surface area contributed by atoms with Crippen molar-refractivity contribution in [1.82, 2.24) is 10.6 Å². The normalized spacial score (nSPS) is 23.2. The molecule has 1 amide bonds. The van der Waals surface area contributed by atoms with Crippen LogP contribution in [0, 0.1) is 5.41 Å². The van der Waals surface area contributed by atoms with Crippen molar-refractivity contribution < 1.29 is 9.53 Å². The summed E-state index contributed by atoms with van der Waals surface area (Å²) in [6.45, 7) is 3.71. The number of ether oxygens (including phenoxy) is 1. The summed E-state index contributed by atoms with van der Waals surface area (Å²) in [5.74, 6) is 0.148. The van der Waals surface area contributed by atoms with Gasteiger partial charge < -0.3 is 15.4 Å². The summed E-state index contributed by atoms with van der Waals surface area (Å²) in [6, 6.07) is 0.380. The van der Waals surface area contributed by atoms with Crippen LogP contribution in [0.1, 0.15) is 39.0 Å². The monoisotopic (exact) mass is 240 g/mol. The number of amides is 1. The molecule has 0 saturated heterocycles. The predicted molar refractivity (Wildman–Crippen MR) is 66.8 cm³/mol. The average Bonchev–Trinajstić information content (AvgIpc) is 3.20. The van der Waals surface area contributed by atoms with Crippen LogP contribution in [-0.2, 0) is 9.53 Å². The van der Waals surface area contributed by atoms with Crippen molar-refractivity contribution in [3.63, 3.8) is 0 Å². The maximum atomic E-state index is 11.7. The van der Waals surface area contributed by atoms with Crippen molar-refractivity contribution in [1.29, 1.82) is 0 Å². The molecule has 0 aromatic heterocycles. The summed E-state index contributed by atoms with van der Waals surface area (Å²) in [7, 11) is 1.75. The Morgan fingerprint density at radius 1 is 1.47 bits per heavy atom. The Kier molecular flexibility index (Phi) is 4.05. The van der Waals surface area contributed by atoms with Gasteiger partial charge in [-0.2, -0.15) is 0 Å². The lowest BCUT2D eigenvalue weighted by Crippen LogP contribution is -2.45. The molecule has 0 aromatic rings. The molecule has 0 aromatic carbocycles. The average molecular weight is 240 g/mol. The van der Waals surface area contributed by atoms with Gasteiger partial charge in [0.05, 0.1) is 6.04 Å². The van der Waals surface area contributed by atoms with Crippen molar-refractivity contribution in [2.24, 2.45) is 5.41 Å². The number of nitrogens with one attached hydrogen (secondary N) is 2. The molecule has 4 heteroatoms. The fourth-order valence-electron chi connectivity index (χ4n) is 2.03. The SMILES string of the molecule is COCCC1(CNC(C)C(=O)NC2CC2)CC1. The van der Waals surface area contributed by atoms with Gasteiger partial charge in [0.1, 0.15) is 0 Å². The first kappa shape index (κ1) is 12.8. The van der Waals surface area contributed by atoms with Crippen LogP contribution in [-0.4, -0.2) is 38.3 Å². The Bertz CT molecular complexity index is 273. The van der Waals surface area contributed by atoms with Gasteiger partial charge in [0.2, 0.25) is 5.91 Å². The number of carbonyl (C=O) groups is 1. The van der Waals surface area contributed by atoms with Crippen molar-refractivity contribution in [2.45, 2.75) is 51.1 Å². The zero-order valence-electron chi connectivity index (χ0n) is 10.9. The number of hydrogen-bond donors (Lipinski definition) is 2. The Hall–Kier alpha value is -0.610. The van der Waals surface area contributed by atoms with E-state index in [-0.39, 0.29) is 11.9 Å². The maximum absolute atomic E-state index is 11.7. The highest BCUT2D eigenvalue weighted by molar-refractivity contribution is 5.81. The lowest BCUT2D eigenvalue weighted by molar-refractivity contribution is -0.122. The van der Waals surface area contributed by atoms with E-state index in [1.807, 2.05) is 6.92 Å². The van der Waals surface area contributed by atoms with Crippen molar-refractivity contribution in [3.05, 3.63) is 0 Å². The van der Waals surface area contributed by atoms with Crippen LogP contribution in [0.25, 0.3) is 0 Å². The number of carbonyl (C=O) groups excluding carboxylic acids is 1. The third kappa shape index (κ3) is 3.96. The van der Waals surface area contributed by atoms with E-state index in [1.54, 1.807) is 7.11 Å². The molecule has 98 valence electrons. The lowest BCUT2D eigenvalue weighted by atomic mass is 10.0. The smallest absolute Gasteiger partial charge is 0.237 e. The van der Waals surface area contributed by atoms with E-state index >= 15 is 0 Å². The molecular formula is C13H24N2O2. The minimum atomic E-state index is -0.0735. The Morgan fingerprint density at radius 3 is 2.71 bits per heavy atom. The van der Waals surface area contributed by atoms with Gasteiger partial charge in [0, 0.05) is 26.3 Å². The molecule has 4 nitrogen and oxygen atoms in total. The highest BCUT2D eigenvalue weighted by Gasteiger charge is 2.42. The van der Waals surface area contributed by atoms with Crippen LogP contribution >= 0.6 is 0 Å². The predicted octanol–water partition coefficient (Wildman–Crippen LogP) is 1.06. The zero-order valence-corrected chi connectivity index (χ0v) is 10.9. The fraction of sp³-hybridized carbons (Fsp3) is 0.923. The summed E-state index contributed by atoms with van der Waals surface area (Å²) in [5, 5.41) is 6.39. The molecule has 2 N–H and O–H groups in total. The van der Waals surface area contributed by atoms with E-state index < -0.39 is 0 Å². The number of rotatable bonds is 8. The van der Waals surface area contributed by atoms with Crippen LogP contribution < -0.4 is 10.6 Å². The van der Waals surface area contributed by atoms with Crippen LogP contribution in [0.4, 0.5) is 0 Å². The van der Waals surface area contributed by atoms with Gasteiger partial charge in [-0.15, -0.1) is 0 Å². The maximum Gasteiger partial charge on any atom is 0.237 e. The zero-order chi connectivity index (χ0) is 12.3. The first-order valence-corrected chi connectivity index (χ1v) is 6.68. The molecule has 2 saturated carbocycles. The van der Waals surface area contributed by atoms with Crippen LogP contribution in [0.15, 0.2) is 0 Å². The summed E-state index contributed by atoms with van der Waals surface area (Å²) in [4.78, 5) is 11.7. The van der Waals surface area contributed by atoms with Gasteiger partial charge in [-0.1, -0.05) is 0 Å². The molecule has 0 bridgehead atoms. The lowest BCUT2D eigenvalue weighted by Gasteiger charge is -2.19. The molecule has 1 atom stereocenters. The van der Waals surface area contributed by atoms with E-state index in [2.05, 4.69) is 10.6 Å². The third-order valence-corrected chi connectivity index (χ3v) is 3.89. The molecule has 2 aliphatic rings. The van der Waals surface area contributed by atoms with Crippen LogP contribution in [0.2, 0.25) is 0 Å². The van der Waals surface area contributed by atoms with E-state index in [0.29, 0.717) is 11.5 Å². The van der Waals surface area contributed by atoms with Gasteiger partial charge in [-0.25, -0.2) is 0 Å². The van der Waals surface area contributed by atoms with Gasteiger partial charge >= 0.3 is 0 Å². The largest absolute Gasteiger partial charge is 0.385 e. The molecule has 0 radical (unpaired) electrons. The van der Waals surface area contributed by atoms with Gasteiger partial charge in [0.15, 0.2) is 0 Å². The Morgan fingerprint density at radius 2 is 2.18 bits per heavy atom. The fourth-order valence-corrected chi connectivity index (χ4v) is 2.03. The first-order chi connectivity index (χ1) is 8.15. The topological polar surface area (TPSA) is 50.4 Å². The van der Waals surface area contributed by atoms with Gasteiger partial charge in [0.25, 0.3) is 0 Å². The summed E-state index contributed by atoms with van der Waals surface area (Å²) in [5.41, 5.74) is 0.407. The number of methoxy groups -OCH3 is 1. The van der Waals surface area contributed by atoms with E-state index in [1.165, 1.54) is 12.8 Å². The highest BCUT2D eigenvalue weighted by Crippen LogP contribution is 2.48. The summed E-state index contributed by atoms with van der Waals surface area (Å²) >= 11 is 0. The third-order valence-electron chi connectivity index (χ3n) is 3.89. The molecule has 1 unspecified atom stereocenters. The van der Waals surface area contributed by atoms with Crippen LogP contribution in [0.5, 0.6) is 0 Å². The highest BCUT2D eigenvalue weighted by atomic mass is 16.5. The molecule has 0 spiro atoms. The second-order valence-electron chi connectivity index (χ2n) is 5.63. The quantitative estimate of drug-likeness (QED) is 0.667.